The van der Waals surface area contributed by atoms with Gasteiger partial charge in [-0.05, 0) is 25.1 Å². The van der Waals surface area contributed by atoms with E-state index in [1.54, 1.807) is 12.1 Å². The van der Waals surface area contributed by atoms with E-state index in [0.717, 1.165) is 18.0 Å². The molecule has 1 aromatic rings. The zero-order valence-corrected chi connectivity index (χ0v) is 10.5. The molecule has 2 N–H and O–H groups in total. The lowest BCUT2D eigenvalue weighted by atomic mass is 10.0. The van der Waals surface area contributed by atoms with Gasteiger partial charge in [0, 0.05) is 18.7 Å². The summed E-state index contributed by atoms with van der Waals surface area (Å²) in [6, 6.07) is 5.28. The molecule has 4 heteroatoms. The van der Waals surface area contributed by atoms with Gasteiger partial charge in [0.1, 0.15) is 12.4 Å². The summed E-state index contributed by atoms with van der Waals surface area (Å²) in [7, 11) is 0. The fraction of sp³-hybridized carbons (Fsp3) is 0.357. The van der Waals surface area contributed by atoms with Crippen LogP contribution in [0.25, 0.3) is 0 Å². The van der Waals surface area contributed by atoms with Crippen LogP contribution < -0.4 is 15.4 Å². The fourth-order valence-electron chi connectivity index (χ4n) is 1.90. The summed E-state index contributed by atoms with van der Waals surface area (Å²) < 4.78 is 5.48. The Balaban J connectivity index is 2.13. The summed E-state index contributed by atoms with van der Waals surface area (Å²) in [5.41, 5.74) is 1.58. The van der Waals surface area contributed by atoms with Gasteiger partial charge in [0.25, 0.3) is 0 Å². The van der Waals surface area contributed by atoms with Crippen LogP contribution in [0.1, 0.15) is 17.3 Å². The summed E-state index contributed by atoms with van der Waals surface area (Å²) in [6.45, 7) is 7.54. The molecule has 96 valence electrons. The first-order chi connectivity index (χ1) is 8.72. The molecule has 4 nitrogen and oxygen atoms in total. The smallest absolute Gasteiger partial charge is 0.179 e. The maximum Gasteiger partial charge on any atom is 0.179 e. The monoisotopic (exact) mass is 246 g/mol. The molecule has 0 amide bonds. The molecule has 1 aromatic carbocycles. The molecule has 1 atom stereocenters. The van der Waals surface area contributed by atoms with Crippen LogP contribution >= 0.6 is 0 Å². The van der Waals surface area contributed by atoms with E-state index in [1.165, 1.54) is 0 Å². The van der Waals surface area contributed by atoms with Crippen molar-refractivity contribution in [1.82, 2.24) is 5.32 Å². The molecule has 0 aliphatic carbocycles. The molecule has 1 heterocycles. The van der Waals surface area contributed by atoms with Gasteiger partial charge in [-0.2, -0.15) is 0 Å². The number of ether oxygens (including phenoxy) is 1. The van der Waals surface area contributed by atoms with Gasteiger partial charge < -0.3 is 15.4 Å². The maximum atomic E-state index is 12.2. The van der Waals surface area contributed by atoms with Crippen LogP contribution in [0.2, 0.25) is 0 Å². The number of hydrogen-bond donors (Lipinski definition) is 2. The van der Waals surface area contributed by atoms with Gasteiger partial charge in [-0.3, -0.25) is 4.79 Å². The van der Waals surface area contributed by atoms with Crippen molar-refractivity contribution < 1.29 is 9.53 Å². The molecule has 0 bridgehead atoms. The highest BCUT2D eigenvalue weighted by atomic mass is 16.5. The second kappa shape index (κ2) is 5.69. The van der Waals surface area contributed by atoms with Gasteiger partial charge in [0.15, 0.2) is 5.78 Å². The second-order valence-corrected chi connectivity index (χ2v) is 4.27. The summed E-state index contributed by atoms with van der Waals surface area (Å²) >= 11 is 0. The van der Waals surface area contributed by atoms with E-state index in [2.05, 4.69) is 17.2 Å². The number of anilines is 1. The molecular weight excluding hydrogens is 228 g/mol. The Bertz CT molecular complexity index is 457. The number of rotatable bonds is 5. The first kappa shape index (κ1) is 12.6. The number of Topliss-reactive ketones (excluding diaryl/α,β-unsaturated/α-hetero) is 1. The Kier molecular flexibility index (Phi) is 3.99. The predicted octanol–water partition coefficient (Wildman–Crippen LogP) is 1.84. The van der Waals surface area contributed by atoms with Gasteiger partial charge in [0.05, 0.1) is 11.7 Å². The number of carbonyl (C=O) groups excluding carboxylic acids is 1. The van der Waals surface area contributed by atoms with E-state index < -0.39 is 0 Å². The first-order valence-corrected chi connectivity index (χ1v) is 6.11. The summed E-state index contributed by atoms with van der Waals surface area (Å²) in [5.74, 6) is 0.886. The number of nitrogens with one attached hydrogen (secondary N) is 2. The van der Waals surface area contributed by atoms with Crippen LogP contribution in [0.4, 0.5) is 5.69 Å². The van der Waals surface area contributed by atoms with E-state index in [4.69, 9.17) is 4.74 Å². The SMILES string of the molecule is C=CCNC(C)C(=O)c1ccc2c(c1)NCCO2. The minimum absolute atomic E-state index is 0.0759. The van der Waals surface area contributed by atoms with Gasteiger partial charge in [-0.1, -0.05) is 6.08 Å². The van der Waals surface area contributed by atoms with Crippen molar-refractivity contribution in [3.63, 3.8) is 0 Å². The second-order valence-electron chi connectivity index (χ2n) is 4.27. The molecule has 0 saturated heterocycles. The normalized spacial score (nSPS) is 14.9. The summed E-state index contributed by atoms with van der Waals surface area (Å²) in [5, 5.41) is 6.32. The first-order valence-electron chi connectivity index (χ1n) is 6.11. The number of hydrogen-bond acceptors (Lipinski definition) is 4. The minimum atomic E-state index is -0.217. The van der Waals surface area contributed by atoms with Crippen LogP contribution in [0.3, 0.4) is 0 Å². The average molecular weight is 246 g/mol. The standard InChI is InChI=1S/C14H18N2O2/c1-3-6-15-10(2)14(17)11-4-5-13-12(9-11)16-7-8-18-13/h3-5,9-10,15-16H,1,6-8H2,2H3. The Hall–Kier alpha value is -1.81. The molecule has 0 radical (unpaired) electrons. The van der Waals surface area contributed by atoms with Crippen molar-refractivity contribution >= 4 is 11.5 Å². The molecule has 1 aliphatic heterocycles. The van der Waals surface area contributed by atoms with Gasteiger partial charge in [-0.25, -0.2) is 0 Å². The highest BCUT2D eigenvalue weighted by Gasteiger charge is 2.17. The predicted molar refractivity (Wildman–Crippen MR) is 72.4 cm³/mol. The van der Waals surface area contributed by atoms with Crippen LogP contribution in [0.15, 0.2) is 30.9 Å². The zero-order chi connectivity index (χ0) is 13.0. The number of carbonyl (C=O) groups is 1. The van der Waals surface area contributed by atoms with E-state index in [-0.39, 0.29) is 11.8 Å². The van der Waals surface area contributed by atoms with Crippen LogP contribution in [-0.2, 0) is 0 Å². The van der Waals surface area contributed by atoms with Crippen LogP contribution in [0.5, 0.6) is 5.75 Å². The Morgan fingerprint density at radius 1 is 1.67 bits per heavy atom. The number of benzene rings is 1. The molecule has 1 aliphatic rings. The molecule has 18 heavy (non-hydrogen) atoms. The largest absolute Gasteiger partial charge is 0.490 e. The summed E-state index contributed by atoms with van der Waals surface area (Å²) in [6.07, 6.45) is 1.74. The Morgan fingerprint density at radius 3 is 3.28 bits per heavy atom. The quantitative estimate of drug-likeness (QED) is 0.615. The van der Waals surface area contributed by atoms with Crippen molar-refractivity contribution in [2.24, 2.45) is 0 Å². The third kappa shape index (κ3) is 2.71. The minimum Gasteiger partial charge on any atom is -0.490 e. The van der Waals surface area contributed by atoms with Crippen LogP contribution in [-0.4, -0.2) is 31.5 Å². The van der Waals surface area contributed by atoms with Crippen molar-refractivity contribution in [2.75, 3.05) is 25.0 Å². The fourth-order valence-corrected chi connectivity index (χ4v) is 1.90. The van der Waals surface area contributed by atoms with E-state index in [9.17, 15) is 4.79 Å². The van der Waals surface area contributed by atoms with E-state index in [1.807, 2.05) is 19.1 Å². The Morgan fingerprint density at radius 2 is 2.50 bits per heavy atom. The van der Waals surface area contributed by atoms with E-state index >= 15 is 0 Å². The lowest BCUT2D eigenvalue weighted by Crippen LogP contribution is -2.34. The topological polar surface area (TPSA) is 50.4 Å². The zero-order valence-electron chi connectivity index (χ0n) is 10.5. The lowest BCUT2D eigenvalue weighted by Gasteiger charge is -2.20. The molecule has 0 spiro atoms. The third-order valence-corrected chi connectivity index (χ3v) is 2.90. The van der Waals surface area contributed by atoms with E-state index in [0.29, 0.717) is 18.7 Å². The van der Waals surface area contributed by atoms with Crippen LogP contribution in [0, 0.1) is 0 Å². The van der Waals surface area contributed by atoms with Gasteiger partial charge in [-0.15, -0.1) is 6.58 Å². The van der Waals surface area contributed by atoms with Crippen molar-refractivity contribution in [1.29, 1.82) is 0 Å². The lowest BCUT2D eigenvalue weighted by molar-refractivity contribution is 0.0953. The number of ketones is 1. The maximum absolute atomic E-state index is 12.2. The molecule has 0 aromatic heterocycles. The Labute approximate surface area is 107 Å². The van der Waals surface area contributed by atoms with Crippen molar-refractivity contribution in [3.05, 3.63) is 36.4 Å². The number of fused-ring (bicyclic) bond motifs is 1. The molecule has 0 saturated carbocycles. The molecule has 2 rings (SSSR count). The summed E-state index contributed by atoms with van der Waals surface area (Å²) in [4.78, 5) is 12.2. The van der Waals surface area contributed by atoms with Crippen molar-refractivity contribution in [2.45, 2.75) is 13.0 Å². The highest BCUT2D eigenvalue weighted by molar-refractivity contribution is 6.01. The molecular formula is C14H18N2O2. The molecule has 1 unspecified atom stereocenters. The van der Waals surface area contributed by atoms with Gasteiger partial charge in [0.2, 0.25) is 0 Å². The molecule has 0 fully saturated rings. The average Bonchev–Trinajstić information content (AvgIpc) is 2.43. The van der Waals surface area contributed by atoms with Gasteiger partial charge >= 0.3 is 0 Å². The highest BCUT2D eigenvalue weighted by Crippen LogP contribution is 2.28. The third-order valence-electron chi connectivity index (χ3n) is 2.90. The van der Waals surface area contributed by atoms with Crippen molar-refractivity contribution in [3.8, 4) is 5.75 Å².